The summed E-state index contributed by atoms with van der Waals surface area (Å²) in [6, 6.07) is 8.39. The van der Waals surface area contributed by atoms with Crippen molar-refractivity contribution < 1.29 is 14.3 Å². The summed E-state index contributed by atoms with van der Waals surface area (Å²) >= 11 is 0. The fraction of sp³-hybridized carbons (Fsp3) is 0.478. The smallest absolute Gasteiger partial charge is 0.163 e. The van der Waals surface area contributed by atoms with Crippen LogP contribution in [-0.4, -0.2) is 24.7 Å². The van der Waals surface area contributed by atoms with Gasteiger partial charge >= 0.3 is 0 Å². The van der Waals surface area contributed by atoms with Crippen molar-refractivity contribution in [1.82, 2.24) is 0 Å². The molecule has 142 valence electrons. The lowest BCUT2D eigenvalue weighted by atomic mass is 9.73. The SMILES string of the molecule is CCN(CC)c1ccc(C2C3=C(CCCC3=O)OC3=C2C(=O)CCC3)cc1. The van der Waals surface area contributed by atoms with Crippen LogP contribution in [0, 0.1) is 0 Å². The molecule has 4 nitrogen and oxygen atoms in total. The Morgan fingerprint density at radius 2 is 1.37 bits per heavy atom. The molecule has 1 aliphatic heterocycles. The minimum absolute atomic E-state index is 0.138. The van der Waals surface area contributed by atoms with Crippen LogP contribution in [0.1, 0.15) is 63.9 Å². The van der Waals surface area contributed by atoms with Crippen LogP contribution in [0.4, 0.5) is 5.69 Å². The van der Waals surface area contributed by atoms with Gasteiger partial charge in [0.25, 0.3) is 0 Å². The summed E-state index contributed by atoms with van der Waals surface area (Å²) in [5.41, 5.74) is 3.65. The van der Waals surface area contributed by atoms with Gasteiger partial charge in [0.15, 0.2) is 11.6 Å². The highest BCUT2D eigenvalue weighted by atomic mass is 16.5. The molecular weight excluding hydrogens is 338 g/mol. The third-order valence-electron chi connectivity index (χ3n) is 6.00. The second-order valence-corrected chi connectivity index (χ2v) is 7.53. The molecule has 0 unspecified atom stereocenters. The van der Waals surface area contributed by atoms with Crippen LogP contribution in [0.5, 0.6) is 0 Å². The zero-order valence-electron chi connectivity index (χ0n) is 16.2. The van der Waals surface area contributed by atoms with Gasteiger partial charge in [0.1, 0.15) is 11.5 Å². The molecule has 0 N–H and O–H groups in total. The topological polar surface area (TPSA) is 46.6 Å². The first kappa shape index (κ1) is 18.0. The van der Waals surface area contributed by atoms with Crippen molar-refractivity contribution in [3.8, 4) is 0 Å². The van der Waals surface area contributed by atoms with E-state index in [9.17, 15) is 9.59 Å². The number of anilines is 1. The van der Waals surface area contributed by atoms with E-state index >= 15 is 0 Å². The van der Waals surface area contributed by atoms with E-state index < -0.39 is 0 Å². The Morgan fingerprint density at radius 1 is 0.852 bits per heavy atom. The number of allylic oxidation sites excluding steroid dienone is 4. The van der Waals surface area contributed by atoms with Gasteiger partial charge in [-0.1, -0.05) is 12.1 Å². The summed E-state index contributed by atoms with van der Waals surface area (Å²) in [7, 11) is 0. The van der Waals surface area contributed by atoms with E-state index in [2.05, 4.69) is 43.0 Å². The van der Waals surface area contributed by atoms with E-state index in [0.29, 0.717) is 12.8 Å². The summed E-state index contributed by atoms with van der Waals surface area (Å²) in [5, 5.41) is 0. The number of carbonyl (C=O) groups is 2. The van der Waals surface area contributed by atoms with Gasteiger partial charge in [-0.2, -0.15) is 0 Å². The molecule has 0 spiro atoms. The molecule has 4 heteroatoms. The Hall–Kier alpha value is -2.36. The molecule has 0 aromatic heterocycles. The number of carbonyl (C=O) groups excluding carboxylic acids is 2. The number of nitrogens with zero attached hydrogens (tertiary/aromatic N) is 1. The molecule has 0 fully saturated rings. The first-order valence-electron chi connectivity index (χ1n) is 10.2. The molecule has 3 aliphatic rings. The number of hydrogen-bond donors (Lipinski definition) is 0. The highest BCUT2D eigenvalue weighted by Gasteiger charge is 2.41. The molecule has 1 aromatic carbocycles. The second-order valence-electron chi connectivity index (χ2n) is 7.53. The Morgan fingerprint density at radius 3 is 1.85 bits per heavy atom. The van der Waals surface area contributed by atoms with E-state index in [1.807, 2.05) is 0 Å². The molecule has 27 heavy (non-hydrogen) atoms. The molecule has 0 saturated carbocycles. The Balaban J connectivity index is 1.79. The first-order chi connectivity index (χ1) is 13.1. The van der Waals surface area contributed by atoms with Crippen molar-refractivity contribution in [1.29, 1.82) is 0 Å². The van der Waals surface area contributed by atoms with Crippen LogP contribution in [0.15, 0.2) is 46.9 Å². The number of Topliss-reactive ketones (excluding diaryl/α,β-unsaturated/α-hetero) is 2. The van der Waals surface area contributed by atoms with E-state index in [1.54, 1.807) is 0 Å². The van der Waals surface area contributed by atoms with Crippen molar-refractivity contribution in [2.75, 3.05) is 18.0 Å². The quantitative estimate of drug-likeness (QED) is 0.778. The van der Waals surface area contributed by atoms with Crippen molar-refractivity contribution in [3.63, 3.8) is 0 Å². The molecule has 0 atom stereocenters. The second kappa shape index (κ2) is 7.34. The molecular formula is C23H27NO3. The minimum Gasteiger partial charge on any atom is -0.465 e. The number of rotatable bonds is 4. The Labute approximate surface area is 160 Å². The maximum absolute atomic E-state index is 12.8. The van der Waals surface area contributed by atoms with Crippen molar-refractivity contribution in [3.05, 3.63) is 52.5 Å². The number of ether oxygens (including phenoxy) is 1. The summed E-state index contributed by atoms with van der Waals surface area (Å²) in [6.07, 6.45) is 4.35. The lowest BCUT2D eigenvalue weighted by molar-refractivity contribution is -0.117. The molecule has 0 saturated heterocycles. The fourth-order valence-electron chi connectivity index (χ4n) is 4.62. The van der Waals surface area contributed by atoms with E-state index in [4.69, 9.17) is 4.74 Å². The lowest BCUT2D eigenvalue weighted by Crippen LogP contribution is -2.30. The van der Waals surface area contributed by atoms with Crippen LogP contribution in [-0.2, 0) is 14.3 Å². The predicted octanol–water partition coefficient (Wildman–Crippen LogP) is 4.66. The van der Waals surface area contributed by atoms with Gasteiger partial charge in [-0.05, 0) is 44.4 Å². The average Bonchev–Trinajstić information content (AvgIpc) is 2.68. The van der Waals surface area contributed by atoms with Gasteiger partial charge in [-0.15, -0.1) is 0 Å². The van der Waals surface area contributed by atoms with Gasteiger partial charge in [-0.3, -0.25) is 9.59 Å². The van der Waals surface area contributed by atoms with Crippen LogP contribution in [0.3, 0.4) is 0 Å². The van der Waals surface area contributed by atoms with Crippen LogP contribution >= 0.6 is 0 Å². The highest BCUT2D eigenvalue weighted by Crippen LogP contribution is 2.47. The zero-order valence-corrected chi connectivity index (χ0v) is 16.2. The molecule has 0 amide bonds. The van der Waals surface area contributed by atoms with Gasteiger partial charge in [0.05, 0.1) is 0 Å². The van der Waals surface area contributed by atoms with Gasteiger partial charge < -0.3 is 9.64 Å². The van der Waals surface area contributed by atoms with Crippen LogP contribution in [0.2, 0.25) is 0 Å². The van der Waals surface area contributed by atoms with E-state index in [0.717, 1.165) is 67.0 Å². The van der Waals surface area contributed by atoms with Crippen molar-refractivity contribution >= 4 is 17.3 Å². The third-order valence-corrected chi connectivity index (χ3v) is 6.00. The normalized spacial score (nSPS) is 20.4. The molecule has 0 radical (unpaired) electrons. The lowest BCUT2D eigenvalue weighted by Gasteiger charge is -2.36. The van der Waals surface area contributed by atoms with Crippen LogP contribution in [0.25, 0.3) is 0 Å². The van der Waals surface area contributed by atoms with E-state index in [1.165, 1.54) is 5.69 Å². The fourth-order valence-corrected chi connectivity index (χ4v) is 4.62. The zero-order chi connectivity index (χ0) is 19.0. The standard InChI is InChI=1S/C23H27NO3/c1-3-24(4-2)16-13-11-15(12-14-16)21-22-17(25)7-5-9-19(22)27-20-10-6-8-18(26)23(20)21/h11-14,21H,3-10H2,1-2H3. The van der Waals surface area contributed by atoms with E-state index in [-0.39, 0.29) is 17.5 Å². The minimum atomic E-state index is -0.255. The Kier molecular flexibility index (Phi) is 4.90. The highest BCUT2D eigenvalue weighted by molar-refractivity contribution is 6.05. The maximum Gasteiger partial charge on any atom is 0.163 e. The van der Waals surface area contributed by atoms with Crippen molar-refractivity contribution in [2.24, 2.45) is 0 Å². The summed E-state index contributed by atoms with van der Waals surface area (Å²) in [6.45, 7) is 6.19. The van der Waals surface area contributed by atoms with Gasteiger partial charge in [0, 0.05) is 61.5 Å². The number of hydrogen-bond acceptors (Lipinski definition) is 4. The number of ketones is 2. The van der Waals surface area contributed by atoms with Gasteiger partial charge in [-0.25, -0.2) is 0 Å². The van der Waals surface area contributed by atoms with Crippen molar-refractivity contribution in [2.45, 2.75) is 58.3 Å². The molecule has 1 heterocycles. The summed E-state index contributed by atoms with van der Waals surface area (Å²) in [4.78, 5) is 27.9. The monoisotopic (exact) mass is 365 g/mol. The molecule has 0 bridgehead atoms. The largest absolute Gasteiger partial charge is 0.465 e. The summed E-state index contributed by atoms with van der Waals surface area (Å²) < 4.78 is 6.09. The predicted molar refractivity (Wildman–Crippen MR) is 106 cm³/mol. The average molecular weight is 365 g/mol. The number of benzene rings is 1. The maximum atomic E-state index is 12.8. The first-order valence-corrected chi connectivity index (χ1v) is 10.2. The molecule has 2 aliphatic carbocycles. The molecule has 4 rings (SSSR count). The molecule has 1 aromatic rings. The summed E-state index contributed by atoms with van der Waals surface area (Å²) in [5.74, 6) is 1.63. The third kappa shape index (κ3) is 3.11. The van der Waals surface area contributed by atoms with Crippen LogP contribution < -0.4 is 4.90 Å². The van der Waals surface area contributed by atoms with Gasteiger partial charge in [0.2, 0.25) is 0 Å². The Bertz CT molecular complexity index is 786.